The van der Waals surface area contributed by atoms with Crippen molar-refractivity contribution in [1.29, 1.82) is 0 Å². The number of aryl methyl sites for hydroxylation is 1. The highest BCUT2D eigenvalue weighted by Crippen LogP contribution is 2.27. The summed E-state index contributed by atoms with van der Waals surface area (Å²) in [6.45, 7) is 2.39. The highest BCUT2D eigenvalue weighted by Gasteiger charge is 2.37. The minimum absolute atomic E-state index is 0.299. The average Bonchev–Trinajstić information content (AvgIpc) is 2.96. The summed E-state index contributed by atoms with van der Waals surface area (Å²) in [5, 5.41) is 4.43. The van der Waals surface area contributed by atoms with Crippen molar-refractivity contribution in [3.8, 4) is 0 Å². The molecule has 0 aliphatic rings. The number of hydrogen-bond donors (Lipinski definition) is 2. The summed E-state index contributed by atoms with van der Waals surface area (Å²) >= 11 is 17.9. The van der Waals surface area contributed by atoms with E-state index in [0.717, 1.165) is 11.3 Å². The lowest BCUT2D eigenvalue weighted by Gasteiger charge is -2.23. The topological polar surface area (TPSA) is 58.9 Å². The lowest BCUT2D eigenvalue weighted by Crippen LogP contribution is -2.95. The molecule has 4 nitrogen and oxygen atoms in total. The molecule has 7 heteroatoms. The Bertz CT molecular complexity index is 607. The van der Waals surface area contributed by atoms with Crippen LogP contribution in [0.1, 0.15) is 21.7 Å². The molecular weight excluding hydrogens is 347 g/mol. The number of hydrogen-bond acceptors (Lipinski definition) is 2. The fourth-order valence-corrected chi connectivity index (χ4v) is 2.30. The van der Waals surface area contributed by atoms with Crippen molar-refractivity contribution >= 4 is 40.7 Å². The molecule has 0 fully saturated rings. The molecule has 0 saturated heterocycles. The minimum Gasteiger partial charge on any atom is -0.463 e. The Morgan fingerprint density at radius 2 is 1.95 bits per heavy atom. The van der Waals surface area contributed by atoms with E-state index in [1.807, 2.05) is 25.1 Å². The number of furan rings is 1. The molecule has 0 spiro atoms. The van der Waals surface area contributed by atoms with Gasteiger partial charge in [0.25, 0.3) is 9.70 Å². The monoisotopic (exact) mass is 361 g/mol. The lowest BCUT2D eigenvalue weighted by atomic mass is 10.1. The van der Waals surface area contributed by atoms with Crippen molar-refractivity contribution in [3.05, 3.63) is 59.5 Å². The van der Waals surface area contributed by atoms with Crippen LogP contribution < -0.4 is 10.6 Å². The number of amides is 1. The zero-order valence-corrected chi connectivity index (χ0v) is 14.1. The minimum atomic E-state index is -1.65. The van der Waals surface area contributed by atoms with Crippen LogP contribution in [-0.4, -0.2) is 15.9 Å². The van der Waals surface area contributed by atoms with Gasteiger partial charge in [0.1, 0.15) is 6.54 Å². The maximum Gasteiger partial charge on any atom is 0.262 e. The van der Waals surface area contributed by atoms with Crippen LogP contribution in [0.15, 0.2) is 47.1 Å². The van der Waals surface area contributed by atoms with E-state index in [4.69, 9.17) is 39.2 Å². The van der Waals surface area contributed by atoms with Crippen LogP contribution >= 0.6 is 34.8 Å². The van der Waals surface area contributed by atoms with E-state index in [9.17, 15) is 4.79 Å². The maximum atomic E-state index is 12.2. The third-order valence-corrected chi connectivity index (χ3v) is 3.79. The Morgan fingerprint density at radius 1 is 1.27 bits per heavy atom. The quantitative estimate of drug-likeness (QED) is 0.635. The molecule has 0 unspecified atom stereocenters. The van der Waals surface area contributed by atoms with Crippen molar-refractivity contribution in [1.82, 2.24) is 5.32 Å². The number of nitrogens with two attached hydrogens (primary N) is 1. The Morgan fingerprint density at radius 3 is 2.50 bits per heavy atom. The van der Waals surface area contributed by atoms with E-state index in [-0.39, 0.29) is 5.91 Å². The molecule has 0 saturated carbocycles. The van der Waals surface area contributed by atoms with Gasteiger partial charge in [0.15, 0.2) is 5.76 Å². The van der Waals surface area contributed by atoms with Crippen LogP contribution in [0.3, 0.4) is 0 Å². The number of carbonyl (C=O) groups is 1. The van der Waals surface area contributed by atoms with E-state index in [1.54, 1.807) is 29.8 Å². The van der Waals surface area contributed by atoms with Crippen molar-refractivity contribution in [2.45, 2.75) is 23.4 Å². The van der Waals surface area contributed by atoms with E-state index >= 15 is 0 Å². The van der Waals surface area contributed by atoms with Crippen molar-refractivity contribution in [3.63, 3.8) is 0 Å². The van der Waals surface area contributed by atoms with Gasteiger partial charge in [-0.05, 0) is 31.2 Å². The third-order valence-electron chi connectivity index (χ3n) is 3.09. The van der Waals surface area contributed by atoms with Crippen LogP contribution in [0, 0.1) is 6.92 Å². The molecule has 2 rings (SSSR count). The van der Waals surface area contributed by atoms with Crippen molar-refractivity contribution in [2.24, 2.45) is 0 Å². The molecular formula is C15H16Cl3N2O2+. The van der Waals surface area contributed by atoms with Gasteiger partial charge in [-0.15, -0.1) is 0 Å². The van der Waals surface area contributed by atoms with Gasteiger partial charge in [-0.3, -0.25) is 10.1 Å². The molecule has 1 heterocycles. The van der Waals surface area contributed by atoms with E-state index < -0.39 is 9.96 Å². The number of nitrogens with one attached hydrogen (secondary N) is 1. The summed E-state index contributed by atoms with van der Waals surface area (Å²) in [5.74, 6) is 0.427. The summed E-state index contributed by atoms with van der Waals surface area (Å²) < 4.78 is 3.58. The Kier molecular flexibility index (Phi) is 5.75. The second-order valence-electron chi connectivity index (χ2n) is 4.88. The number of carbonyl (C=O) groups excluding carboxylic acids is 1. The van der Waals surface area contributed by atoms with Gasteiger partial charge in [-0.25, -0.2) is 0 Å². The molecule has 1 atom stereocenters. The largest absolute Gasteiger partial charge is 0.463 e. The fourth-order valence-electron chi connectivity index (χ4n) is 1.87. The molecule has 1 aromatic carbocycles. The molecule has 0 aliphatic carbocycles. The summed E-state index contributed by atoms with van der Waals surface area (Å²) in [7, 11) is 0. The first kappa shape index (κ1) is 17.2. The first-order chi connectivity index (χ1) is 10.4. The first-order valence-electron chi connectivity index (χ1n) is 6.66. The van der Waals surface area contributed by atoms with Crippen LogP contribution in [0.2, 0.25) is 0 Å². The third kappa shape index (κ3) is 4.92. The molecule has 22 heavy (non-hydrogen) atoms. The Hall–Kier alpha value is -1.20. The maximum absolute atomic E-state index is 12.2. The zero-order chi connectivity index (χ0) is 16.2. The molecule has 118 valence electrons. The van der Waals surface area contributed by atoms with Crippen molar-refractivity contribution < 1.29 is 14.5 Å². The molecule has 3 N–H and O–H groups in total. The van der Waals surface area contributed by atoms with Gasteiger partial charge in [0.2, 0.25) is 6.17 Å². The predicted molar refractivity (Wildman–Crippen MR) is 87.1 cm³/mol. The van der Waals surface area contributed by atoms with Gasteiger partial charge in [-0.1, -0.05) is 52.5 Å². The highest BCUT2D eigenvalue weighted by atomic mass is 35.6. The van der Waals surface area contributed by atoms with Crippen LogP contribution in [0.25, 0.3) is 0 Å². The Balaban J connectivity index is 2.03. The van der Waals surface area contributed by atoms with E-state index in [2.05, 4.69) is 5.32 Å². The second kappa shape index (κ2) is 7.38. The van der Waals surface area contributed by atoms with Crippen LogP contribution in [0.4, 0.5) is 0 Å². The average molecular weight is 363 g/mol. The first-order valence-corrected chi connectivity index (χ1v) is 7.79. The smallest absolute Gasteiger partial charge is 0.262 e. The SMILES string of the molecule is Cc1ccc(C(=O)N[C@@H]([NH2+]Cc2ccco2)C(Cl)(Cl)Cl)cc1. The summed E-state index contributed by atoms with van der Waals surface area (Å²) in [6.07, 6.45) is 0.828. The van der Waals surface area contributed by atoms with Gasteiger partial charge in [0, 0.05) is 5.56 Å². The number of rotatable bonds is 5. The predicted octanol–water partition coefficient (Wildman–Crippen LogP) is 2.78. The lowest BCUT2D eigenvalue weighted by molar-refractivity contribution is -0.708. The molecule has 2 aromatic rings. The number of halogens is 3. The molecule has 1 aromatic heterocycles. The molecule has 0 aliphatic heterocycles. The van der Waals surface area contributed by atoms with E-state index in [1.165, 1.54) is 0 Å². The van der Waals surface area contributed by atoms with E-state index in [0.29, 0.717) is 12.1 Å². The normalized spacial score (nSPS) is 12.9. The number of quaternary nitrogens is 1. The molecule has 0 radical (unpaired) electrons. The summed E-state index contributed by atoms with van der Waals surface area (Å²) in [5.41, 5.74) is 1.58. The highest BCUT2D eigenvalue weighted by molar-refractivity contribution is 6.68. The van der Waals surface area contributed by atoms with Crippen LogP contribution in [0.5, 0.6) is 0 Å². The second-order valence-corrected chi connectivity index (χ2v) is 7.25. The van der Waals surface area contributed by atoms with Gasteiger partial charge in [-0.2, -0.15) is 0 Å². The number of alkyl halides is 3. The Labute approximate surface area is 143 Å². The van der Waals surface area contributed by atoms with Gasteiger partial charge in [0.05, 0.1) is 6.26 Å². The fraction of sp³-hybridized carbons (Fsp3) is 0.267. The zero-order valence-electron chi connectivity index (χ0n) is 11.9. The summed E-state index contributed by atoms with van der Waals surface area (Å²) in [4.78, 5) is 12.2. The number of benzene rings is 1. The molecule has 0 bridgehead atoms. The standard InChI is InChI=1S/C15H15Cl3N2O2/c1-10-4-6-11(7-5-10)13(21)20-14(15(16,17)18)19-9-12-3-2-8-22-12/h2-8,14,19H,9H2,1H3,(H,20,21)/p+1/t14-/m1/s1. The van der Waals surface area contributed by atoms with Gasteiger partial charge >= 0.3 is 0 Å². The van der Waals surface area contributed by atoms with Crippen molar-refractivity contribution in [2.75, 3.05) is 0 Å². The summed E-state index contributed by atoms with van der Waals surface area (Å²) in [6, 6.07) is 10.8. The van der Waals surface area contributed by atoms with Gasteiger partial charge < -0.3 is 9.73 Å². The van der Waals surface area contributed by atoms with Crippen LogP contribution in [-0.2, 0) is 6.54 Å². The molecule has 1 amide bonds.